The van der Waals surface area contributed by atoms with Crippen molar-refractivity contribution in [2.45, 2.75) is 33.2 Å². The summed E-state index contributed by atoms with van der Waals surface area (Å²) in [4.78, 5) is 11.9. The molecule has 0 aromatic heterocycles. The summed E-state index contributed by atoms with van der Waals surface area (Å²) < 4.78 is 19.3. The van der Waals surface area contributed by atoms with Crippen molar-refractivity contribution in [2.24, 2.45) is 5.41 Å². The van der Waals surface area contributed by atoms with Crippen LogP contribution in [-0.4, -0.2) is 30.3 Å². The molecule has 4 nitrogen and oxygen atoms in total. The second kappa shape index (κ2) is 7.75. The molecule has 1 amide bonds. The Morgan fingerprint density at radius 3 is 2.67 bits per heavy atom. The number of hydrogen-bond donors (Lipinski definition) is 2. The van der Waals surface area contributed by atoms with Crippen LogP contribution in [0.5, 0.6) is 5.75 Å². The average molecular weight is 362 g/mol. The minimum Gasteiger partial charge on any atom is -0.481 e. The monoisotopic (exact) mass is 361 g/mol. The molecule has 0 bridgehead atoms. The molecule has 0 spiro atoms. The standard InChI is InChI=1S/C15H21BrFNO3/c1-15(2,3)13(6-7-19)18-14(20)9-21-12-5-4-10(16)8-11(12)17/h4-5,8,13,19H,6-7,9H2,1-3H3,(H,18,20). The van der Waals surface area contributed by atoms with Crippen molar-refractivity contribution in [3.8, 4) is 5.75 Å². The summed E-state index contributed by atoms with van der Waals surface area (Å²) in [6.45, 7) is 5.65. The molecule has 0 saturated carbocycles. The molecular formula is C15H21BrFNO3. The quantitative estimate of drug-likeness (QED) is 0.818. The zero-order valence-corrected chi connectivity index (χ0v) is 14.0. The van der Waals surface area contributed by atoms with Gasteiger partial charge in [0.05, 0.1) is 0 Å². The van der Waals surface area contributed by atoms with Gasteiger partial charge < -0.3 is 15.2 Å². The first-order valence-corrected chi connectivity index (χ1v) is 7.51. The highest BCUT2D eigenvalue weighted by Crippen LogP contribution is 2.22. The number of carbonyl (C=O) groups is 1. The second-order valence-electron chi connectivity index (χ2n) is 5.86. The smallest absolute Gasteiger partial charge is 0.258 e. The van der Waals surface area contributed by atoms with Gasteiger partial charge in [0.15, 0.2) is 18.2 Å². The van der Waals surface area contributed by atoms with Gasteiger partial charge in [-0.3, -0.25) is 4.79 Å². The van der Waals surface area contributed by atoms with Crippen LogP contribution in [0.1, 0.15) is 27.2 Å². The zero-order valence-electron chi connectivity index (χ0n) is 12.5. The first-order chi connectivity index (χ1) is 9.74. The number of amides is 1. The molecule has 0 aliphatic carbocycles. The Morgan fingerprint density at radius 1 is 1.48 bits per heavy atom. The maximum absolute atomic E-state index is 13.6. The molecule has 1 unspecified atom stereocenters. The molecule has 1 atom stereocenters. The van der Waals surface area contributed by atoms with Crippen molar-refractivity contribution in [3.05, 3.63) is 28.5 Å². The van der Waals surface area contributed by atoms with Gasteiger partial charge in [0.2, 0.25) is 0 Å². The van der Waals surface area contributed by atoms with E-state index in [2.05, 4.69) is 21.2 Å². The lowest BCUT2D eigenvalue weighted by molar-refractivity contribution is -0.124. The Balaban J connectivity index is 2.57. The van der Waals surface area contributed by atoms with Gasteiger partial charge in [0.25, 0.3) is 5.91 Å². The van der Waals surface area contributed by atoms with Crippen molar-refractivity contribution in [1.29, 1.82) is 0 Å². The van der Waals surface area contributed by atoms with E-state index in [1.54, 1.807) is 6.07 Å². The fourth-order valence-electron chi connectivity index (χ4n) is 1.82. The van der Waals surface area contributed by atoms with Gasteiger partial charge in [-0.1, -0.05) is 36.7 Å². The van der Waals surface area contributed by atoms with Crippen LogP contribution in [0.15, 0.2) is 22.7 Å². The molecule has 0 aliphatic rings. The van der Waals surface area contributed by atoms with Gasteiger partial charge in [-0.25, -0.2) is 4.39 Å². The van der Waals surface area contributed by atoms with Crippen LogP contribution in [-0.2, 0) is 4.79 Å². The molecule has 1 rings (SSSR count). The number of hydrogen-bond acceptors (Lipinski definition) is 3. The third-order valence-corrected chi connectivity index (χ3v) is 3.54. The van der Waals surface area contributed by atoms with Crippen LogP contribution in [0.3, 0.4) is 0 Å². The predicted octanol–water partition coefficient (Wildman–Crippen LogP) is 2.88. The van der Waals surface area contributed by atoms with Crippen molar-refractivity contribution in [3.63, 3.8) is 0 Å². The SMILES string of the molecule is CC(C)(C)C(CCO)NC(=O)COc1ccc(Br)cc1F. The lowest BCUT2D eigenvalue weighted by Gasteiger charge is -2.31. The summed E-state index contributed by atoms with van der Waals surface area (Å²) >= 11 is 3.15. The van der Waals surface area contributed by atoms with Gasteiger partial charge >= 0.3 is 0 Å². The van der Waals surface area contributed by atoms with E-state index in [0.717, 1.165) is 0 Å². The Labute approximate surface area is 132 Å². The van der Waals surface area contributed by atoms with E-state index in [1.807, 2.05) is 20.8 Å². The van der Waals surface area contributed by atoms with Crippen LogP contribution >= 0.6 is 15.9 Å². The molecular weight excluding hydrogens is 341 g/mol. The predicted molar refractivity (Wildman–Crippen MR) is 82.7 cm³/mol. The van der Waals surface area contributed by atoms with E-state index in [-0.39, 0.29) is 36.3 Å². The maximum Gasteiger partial charge on any atom is 0.258 e. The Kier molecular flexibility index (Phi) is 6.61. The Hall–Kier alpha value is -1.14. The first-order valence-electron chi connectivity index (χ1n) is 6.72. The number of rotatable bonds is 6. The summed E-state index contributed by atoms with van der Waals surface area (Å²) in [5.41, 5.74) is -0.179. The molecule has 0 fully saturated rings. The fourth-order valence-corrected chi connectivity index (χ4v) is 2.16. The molecule has 6 heteroatoms. The second-order valence-corrected chi connectivity index (χ2v) is 6.78. The number of benzene rings is 1. The van der Waals surface area contributed by atoms with Crippen molar-refractivity contribution in [1.82, 2.24) is 5.32 Å². The van der Waals surface area contributed by atoms with E-state index in [1.165, 1.54) is 12.1 Å². The molecule has 0 saturated heterocycles. The number of ether oxygens (including phenoxy) is 1. The number of nitrogens with one attached hydrogen (secondary N) is 1. The molecule has 0 heterocycles. The maximum atomic E-state index is 13.6. The highest BCUT2D eigenvalue weighted by molar-refractivity contribution is 9.10. The minimum absolute atomic E-state index is 0.00951. The van der Waals surface area contributed by atoms with E-state index in [4.69, 9.17) is 9.84 Å². The highest BCUT2D eigenvalue weighted by Gasteiger charge is 2.25. The summed E-state index contributed by atoms with van der Waals surface area (Å²) in [5, 5.41) is 11.8. The Bertz CT molecular complexity index is 488. The van der Waals surface area contributed by atoms with Gasteiger partial charge in [0.1, 0.15) is 0 Å². The van der Waals surface area contributed by atoms with Crippen molar-refractivity contribution < 1.29 is 19.0 Å². The first kappa shape index (κ1) is 17.9. The molecule has 0 radical (unpaired) electrons. The minimum atomic E-state index is -0.528. The molecule has 0 aliphatic heterocycles. The van der Waals surface area contributed by atoms with Gasteiger partial charge in [0, 0.05) is 17.1 Å². The summed E-state index contributed by atoms with van der Waals surface area (Å²) in [6.07, 6.45) is 0.460. The normalized spacial score (nSPS) is 12.9. The van der Waals surface area contributed by atoms with Gasteiger partial charge in [-0.15, -0.1) is 0 Å². The zero-order chi connectivity index (χ0) is 16.0. The number of aliphatic hydroxyl groups excluding tert-OH is 1. The third kappa shape index (κ3) is 6.01. The molecule has 118 valence electrons. The van der Waals surface area contributed by atoms with E-state index in [9.17, 15) is 9.18 Å². The van der Waals surface area contributed by atoms with Crippen molar-refractivity contribution in [2.75, 3.05) is 13.2 Å². The van der Waals surface area contributed by atoms with E-state index < -0.39 is 5.82 Å². The van der Waals surface area contributed by atoms with Gasteiger partial charge in [-0.2, -0.15) is 0 Å². The third-order valence-electron chi connectivity index (χ3n) is 3.05. The summed E-state index contributed by atoms with van der Waals surface area (Å²) in [6, 6.07) is 4.20. The van der Waals surface area contributed by atoms with Crippen LogP contribution in [0, 0.1) is 11.2 Å². The van der Waals surface area contributed by atoms with Crippen LogP contribution in [0.4, 0.5) is 4.39 Å². The number of halogens is 2. The number of aliphatic hydroxyl groups is 1. The molecule has 21 heavy (non-hydrogen) atoms. The summed E-state index contributed by atoms with van der Waals surface area (Å²) in [7, 11) is 0. The Morgan fingerprint density at radius 2 is 2.14 bits per heavy atom. The molecule has 1 aromatic rings. The lowest BCUT2D eigenvalue weighted by Crippen LogP contribution is -2.46. The largest absolute Gasteiger partial charge is 0.481 e. The average Bonchev–Trinajstić information content (AvgIpc) is 2.36. The highest BCUT2D eigenvalue weighted by atomic mass is 79.9. The van der Waals surface area contributed by atoms with Crippen LogP contribution in [0.25, 0.3) is 0 Å². The van der Waals surface area contributed by atoms with Crippen molar-refractivity contribution >= 4 is 21.8 Å². The fraction of sp³-hybridized carbons (Fsp3) is 0.533. The molecule has 1 aromatic carbocycles. The van der Waals surface area contributed by atoms with E-state index >= 15 is 0 Å². The van der Waals surface area contributed by atoms with Gasteiger partial charge in [-0.05, 0) is 30.0 Å². The topological polar surface area (TPSA) is 58.6 Å². The van der Waals surface area contributed by atoms with E-state index in [0.29, 0.717) is 10.9 Å². The van der Waals surface area contributed by atoms with Crippen LogP contribution < -0.4 is 10.1 Å². The number of carbonyl (C=O) groups excluding carboxylic acids is 1. The lowest BCUT2D eigenvalue weighted by atomic mass is 9.85. The van der Waals surface area contributed by atoms with Crippen LogP contribution in [0.2, 0.25) is 0 Å². The molecule has 2 N–H and O–H groups in total. The summed E-state index contributed by atoms with van der Waals surface area (Å²) in [5.74, 6) is -0.839.